The predicted octanol–water partition coefficient (Wildman–Crippen LogP) is 1.68. The third-order valence-electron chi connectivity index (χ3n) is 3.03. The highest BCUT2D eigenvalue weighted by Gasteiger charge is 2.26. The first kappa shape index (κ1) is 16.0. The van der Waals surface area contributed by atoms with Crippen molar-refractivity contribution >= 4 is 23.3 Å². The van der Waals surface area contributed by atoms with Crippen molar-refractivity contribution in [1.82, 2.24) is 4.57 Å². The first-order valence-corrected chi connectivity index (χ1v) is 7.38. The van der Waals surface area contributed by atoms with Crippen molar-refractivity contribution in [2.24, 2.45) is 0 Å². The highest BCUT2D eigenvalue weighted by atomic mass is 32.1. The number of esters is 2. The SMILES string of the molecule is COC(=O)C(OC(=O)Cn1c(C)csc1=O)c1ccccc1. The molecule has 6 nitrogen and oxygen atoms in total. The molecule has 0 saturated heterocycles. The topological polar surface area (TPSA) is 74.6 Å². The second-order valence-corrected chi connectivity index (χ2v) is 5.35. The average molecular weight is 321 g/mol. The summed E-state index contributed by atoms with van der Waals surface area (Å²) in [5.41, 5.74) is 1.18. The third-order valence-corrected chi connectivity index (χ3v) is 3.91. The van der Waals surface area contributed by atoms with Crippen molar-refractivity contribution in [2.45, 2.75) is 19.6 Å². The van der Waals surface area contributed by atoms with Crippen LogP contribution in [-0.4, -0.2) is 23.6 Å². The van der Waals surface area contributed by atoms with Crippen molar-refractivity contribution < 1.29 is 19.1 Å². The van der Waals surface area contributed by atoms with Crippen molar-refractivity contribution in [3.63, 3.8) is 0 Å². The lowest BCUT2D eigenvalue weighted by atomic mass is 10.1. The van der Waals surface area contributed by atoms with Crippen LogP contribution in [0.1, 0.15) is 17.4 Å². The molecule has 1 heterocycles. The molecule has 0 N–H and O–H groups in total. The molecule has 0 aliphatic rings. The van der Waals surface area contributed by atoms with Crippen LogP contribution in [0.4, 0.5) is 0 Å². The number of thiazole rings is 1. The van der Waals surface area contributed by atoms with Crippen LogP contribution in [-0.2, 0) is 25.6 Å². The number of hydrogen-bond donors (Lipinski definition) is 0. The lowest BCUT2D eigenvalue weighted by Crippen LogP contribution is -2.26. The molecule has 22 heavy (non-hydrogen) atoms. The molecule has 0 bridgehead atoms. The number of aromatic nitrogens is 1. The van der Waals surface area contributed by atoms with Gasteiger partial charge >= 0.3 is 16.8 Å². The first-order valence-electron chi connectivity index (χ1n) is 6.50. The minimum absolute atomic E-state index is 0.242. The maximum absolute atomic E-state index is 12.0. The molecular formula is C15H15NO5S. The van der Waals surface area contributed by atoms with E-state index in [1.807, 2.05) is 0 Å². The first-order chi connectivity index (χ1) is 10.5. The van der Waals surface area contributed by atoms with Gasteiger partial charge in [-0.3, -0.25) is 14.2 Å². The van der Waals surface area contributed by atoms with E-state index in [9.17, 15) is 14.4 Å². The van der Waals surface area contributed by atoms with Gasteiger partial charge in [0, 0.05) is 16.6 Å². The second kappa shape index (κ2) is 7.04. The average Bonchev–Trinajstić information content (AvgIpc) is 2.84. The molecule has 0 amide bonds. The van der Waals surface area contributed by atoms with Gasteiger partial charge in [-0.2, -0.15) is 0 Å². The van der Waals surface area contributed by atoms with Crippen molar-refractivity contribution in [2.75, 3.05) is 7.11 Å². The number of nitrogens with zero attached hydrogens (tertiary/aromatic N) is 1. The molecule has 1 aromatic heterocycles. The number of ether oxygens (including phenoxy) is 2. The van der Waals surface area contributed by atoms with Crippen LogP contribution in [0.25, 0.3) is 0 Å². The number of benzene rings is 1. The number of rotatable bonds is 5. The third kappa shape index (κ3) is 3.62. The van der Waals surface area contributed by atoms with Crippen molar-refractivity contribution in [3.8, 4) is 0 Å². The van der Waals surface area contributed by atoms with Gasteiger partial charge in [-0.25, -0.2) is 4.79 Å². The summed E-state index contributed by atoms with van der Waals surface area (Å²) < 4.78 is 11.2. The number of aryl methyl sites for hydroxylation is 1. The van der Waals surface area contributed by atoms with E-state index in [0.717, 1.165) is 11.3 Å². The van der Waals surface area contributed by atoms with Gasteiger partial charge in [-0.15, -0.1) is 0 Å². The zero-order valence-corrected chi connectivity index (χ0v) is 13.0. The minimum atomic E-state index is -1.15. The fourth-order valence-electron chi connectivity index (χ4n) is 1.88. The Labute approximate surface area is 130 Å². The number of methoxy groups -OCH3 is 1. The summed E-state index contributed by atoms with van der Waals surface area (Å²) in [7, 11) is 1.22. The van der Waals surface area contributed by atoms with Gasteiger partial charge in [0.25, 0.3) is 0 Å². The fourth-order valence-corrected chi connectivity index (χ4v) is 2.62. The second-order valence-electron chi connectivity index (χ2n) is 4.53. The molecule has 0 aliphatic heterocycles. The summed E-state index contributed by atoms with van der Waals surface area (Å²) in [4.78, 5) is 35.2. The molecule has 7 heteroatoms. The molecule has 0 aliphatic carbocycles. The Balaban J connectivity index is 2.16. The number of hydrogen-bond acceptors (Lipinski definition) is 6. The summed E-state index contributed by atoms with van der Waals surface area (Å²) in [5, 5.41) is 1.66. The van der Waals surface area contributed by atoms with Crippen LogP contribution in [0.15, 0.2) is 40.5 Å². The van der Waals surface area contributed by atoms with Crippen LogP contribution in [0.2, 0.25) is 0 Å². The van der Waals surface area contributed by atoms with Crippen molar-refractivity contribution in [1.29, 1.82) is 0 Å². The van der Waals surface area contributed by atoms with Crippen LogP contribution < -0.4 is 4.87 Å². The maximum Gasteiger partial charge on any atom is 0.351 e. The van der Waals surface area contributed by atoms with Crippen LogP contribution >= 0.6 is 11.3 Å². The summed E-state index contributed by atoms with van der Waals surface area (Å²) in [6.07, 6.45) is -1.15. The Bertz CT molecular complexity index is 719. The summed E-state index contributed by atoms with van der Waals surface area (Å²) in [6.45, 7) is 1.48. The van der Waals surface area contributed by atoms with Crippen LogP contribution in [0, 0.1) is 6.92 Å². The predicted molar refractivity (Wildman–Crippen MR) is 80.6 cm³/mol. The highest BCUT2D eigenvalue weighted by Crippen LogP contribution is 2.19. The fraction of sp³-hybridized carbons (Fsp3) is 0.267. The Kier molecular flexibility index (Phi) is 5.11. The van der Waals surface area contributed by atoms with Crippen LogP contribution in [0.3, 0.4) is 0 Å². The highest BCUT2D eigenvalue weighted by molar-refractivity contribution is 7.07. The van der Waals surface area contributed by atoms with Gasteiger partial charge in [-0.1, -0.05) is 41.7 Å². The standard InChI is InChI=1S/C15H15NO5S/c1-10-9-22-15(19)16(10)8-12(17)21-13(14(18)20-2)11-6-4-3-5-7-11/h3-7,9,13H,8H2,1-2H3. The number of carbonyl (C=O) groups excluding carboxylic acids is 2. The zero-order valence-electron chi connectivity index (χ0n) is 12.1. The maximum atomic E-state index is 12.0. The molecule has 0 fully saturated rings. The van der Waals surface area contributed by atoms with Crippen molar-refractivity contribution in [3.05, 3.63) is 56.6 Å². The van der Waals surface area contributed by atoms with Gasteiger partial charge in [-0.05, 0) is 6.92 Å². The van der Waals surface area contributed by atoms with Gasteiger partial charge in [0.2, 0.25) is 6.10 Å². The van der Waals surface area contributed by atoms with Gasteiger partial charge < -0.3 is 9.47 Å². The normalized spacial score (nSPS) is 11.7. The monoisotopic (exact) mass is 321 g/mol. The summed E-state index contributed by atoms with van der Waals surface area (Å²) >= 11 is 1.01. The molecule has 2 aromatic rings. The van der Waals surface area contributed by atoms with Gasteiger partial charge in [0.05, 0.1) is 7.11 Å². The molecule has 0 spiro atoms. The van der Waals surface area contributed by atoms with Gasteiger partial charge in [0.15, 0.2) is 0 Å². The lowest BCUT2D eigenvalue weighted by molar-refractivity contribution is -0.167. The van der Waals surface area contributed by atoms with Gasteiger partial charge in [0.1, 0.15) is 6.54 Å². The van der Waals surface area contributed by atoms with E-state index in [-0.39, 0.29) is 11.4 Å². The van der Waals surface area contributed by atoms with E-state index < -0.39 is 18.0 Å². The van der Waals surface area contributed by atoms with E-state index in [4.69, 9.17) is 4.74 Å². The Morgan fingerprint density at radius 3 is 2.50 bits per heavy atom. The smallest absolute Gasteiger partial charge is 0.351 e. The quantitative estimate of drug-likeness (QED) is 0.783. The largest absolute Gasteiger partial charge is 0.466 e. The van der Waals surface area contributed by atoms with E-state index in [1.54, 1.807) is 42.6 Å². The minimum Gasteiger partial charge on any atom is -0.466 e. The molecule has 2 rings (SSSR count). The Morgan fingerprint density at radius 1 is 1.27 bits per heavy atom. The Morgan fingerprint density at radius 2 is 1.95 bits per heavy atom. The van der Waals surface area contributed by atoms with E-state index in [0.29, 0.717) is 11.3 Å². The van der Waals surface area contributed by atoms with Crippen LogP contribution in [0.5, 0.6) is 0 Å². The van der Waals surface area contributed by atoms with E-state index in [2.05, 4.69) is 4.74 Å². The lowest BCUT2D eigenvalue weighted by Gasteiger charge is -2.16. The molecule has 1 atom stereocenters. The molecule has 1 unspecified atom stereocenters. The summed E-state index contributed by atoms with van der Waals surface area (Å²) in [5.74, 6) is -1.35. The number of carbonyl (C=O) groups is 2. The molecule has 0 radical (unpaired) electrons. The molecule has 0 saturated carbocycles. The zero-order chi connectivity index (χ0) is 16.1. The molecule has 116 valence electrons. The Hall–Kier alpha value is -2.41. The van der Waals surface area contributed by atoms with E-state index >= 15 is 0 Å². The molecular weight excluding hydrogens is 306 g/mol. The van der Waals surface area contributed by atoms with E-state index in [1.165, 1.54) is 11.7 Å². The molecule has 1 aromatic carbocycles. The summed E-state index contributed by atoms with van der Waals surface area (Å²) in [6, 6.07) is 8.57.